The number of likely N-dealkylation sites (tertiary alicyclic amines) is 1. The van der Waals surface area contributed by atoms with Crippen molar-refractivity contribution in [2.24, 2.45) is 5.92 Å². The van der Waals surface area contributed by atoms with E-state index in [0.717, 1.165) is 64.8 Å². The Morgan fingerprint density at radius 1 is 0.814 bits per heavy atom. The molecule has 1 aliphatic rings. The predicted octanol–water partition coefficient (Wildman–Crippen LogP) is 6.55. The highest BCUT2D eigenvalue weighted by Gasteiger charge is 2.41. The lowest BCUT2D eigenvalue weighted by Gasteiger charge is -2.37. The highest BCUT2D eigenvalue weighted by Crippen LogP contribution is 2.44. The van der Waals surface area contributed by atoms with Crippen molar-refractivity contribution in [1.29, 1.82) is 0 Å². The molecule has 4 aromatic carbocycles. The zero-order valence-electron chi connectivity index (χ0n) is 24.1. The van der Waals surface area contributed by atoms with Crippen molar-refractivity contribution >= 4 is 22.6 Å². The van der Waals surface area contributed by atoms with E-state index in [1.165, 1.54) is 0 Å². The van der Waals surface area contributed by atoms with E-state index in [2.05, 4.69) is 123 Å². The van der Waals surface area contributed by atoms with Crippen molar-refractivity contribution in [2.75, 3.05) is 25.5 Å². The van der Waals surface area contributed by atoms with Crippen LogP contribution in [0.15, 0.2) is 121 Å². The zero-order chi connectivity index (χ0) is 29.2. The maximum Gasteiger partial charge on any atom is 0.228 e. The summed E-state index contributed by atoms with van der Waals surface area (Å²) in [6, 6.07) is 39.7. The molecule has 3 heterocycles. The highest BCUT2D eigenvalue weighted by atomic mass is 16.2. The fourth-order valence-electron chi connectivity index (χ4n) is 6.44. The van der Waals surface area contributed by atoms with E-state index in [9.17, 15) is 4.79 Å². The van der Waals surface area contributed by atoms with Crippen molar-refractivity contribution < 1.29 is 4.79 Å². The molecule has 43 heavy (non-hydrogen) atoms. The van der Waals surface area contributed by atoms with Gasteiger partial charge in [0.25, 0.3) is 0 Å². The van der Waals surface area contributed by atoms with Crippen molar-refractivity contribution in [1.82, 2.24) is 24.9 Å². The molecule has 0 atom stereocenters. The van der Waals surface area contributed by atoms with Gasteiger partial charge in [0.1, 0.15) is 5.54 Å². The topological polar surface area (TPSA) is 78.8 Å². The lowest BCUT2D eigenvalue weighted by Crippen LogP contribution is -2.39. The van der Waals surface area contributed by atoms with Gasteiger partial charge in [-0.25, -0.2) is 4.68 Å². The molecule has 214 valence electrons. The van der Waals surface area contributed by atoms with Crippen LogP contribution in [0.2, 0.25) is 0 Å². The minimum atomic E-state index is -0.811. The molecule has 7 rings (SSSR count). The summed E-state index contributed by atoms with van der Waals surface area (Å²) in [6.07, 6.45) is 3.42. The van der Waals surface area contributed by atoms with Crippen LogP contribution in [0, 0.1) is 5.92 Å². The molecule has 0 spiro atoms. The van der Waals surface area contributed by atoms with Gasteiger partial charge in [-0.3, -0.25) is 9.89 Å². The number of fused-ring (bicyclic) bond motifs is 1. The van der Waals surface area contributed by atoms with Crippen LogP contribution in [0.5, 0.6) is 0 Å². The molecule has 0 radical (unpaired) electrons. The molecule has 1 fully saturated rings. The Kier molecular flexibility index (Phi) is 7.09. The van der Waals surface area contributed by atoms with Crippen molar-refractivity contribution in [3.05, 3.63) is 138 Å². The maximum absolute atomic E-state index is 13.7. The molecule has 0 saturated carbocycles. The molecule has 7 heteroatoms. The number of amides is 1. The molecule has 0 aliphatic carbocycles. The number of anilines is 1. The predicted molar refractivity (Wildman–Crippen MR) is 171 cm³/mol. The number of piperidine rings is 1. The van der Waals surface area contributed by atoms with E-state index in [-0.39, 0.29) is 11.8 Å². The summed E-state index contributed by atoms with van der Waals surface area (Å²) >= 11 is 0. The quantitative estimate of drug-likeness (QED) is 0.215. The molecule has 0 unspecified atom stereocenters. The molecule has 2 N–H and O–H groups in total. The molecule has 0 bridgehead atoms. The van der Waals surface area contributed by atoms with E-state index >= 15 is 0 Å². The maximum atomic E-state index is 13.7. The number of aromatic amines is 1. The fourth-order valence-corrected chi connectivity index (χ4v) is 6.44. The van der Waals surface area contributed by atoms with Gasteiger partial charge in [-0.2, -0.15) is 10.2 Å². The first kappa shape index (κ1) is 26.9. The smallest absolute Gasteiger partial charge is 0.228 e. The molecule has 1 saturated heterocycles. The Labute approximate surface area is 251 Å². The molecule has 1 aliphatic heterocycles. The van der Waals surface area contributed by atoms with Crippen LogP contribution in [0.4, 0.5) is 5.82 Å². The number of hydrogen-bond acceptors (Lipinski definition) is 4. The number of nitrogens with zero attached hydrogens (tertiary/aromatic N) is 4. The van der Waals surface area contributed by atoms with E-state index in [4.69, 9.17) is 5.10 Å². The summed E-state index contributed by atoms with van der Waals surface area (Å²) in [4.78, 5) is 16.0. The standard InChI is InChI=1S/C36H34N6O/c1-41-23-20-26(21-24-41)35(43)38-34-31-25-27(32-19-22-37-39-32)17-18-33(31)42(40-34)36(28-11-5-2-6-12-28,29-13-7-3-8-14-29)30-15-9-4-10-16-30/h2-19,22,25-26H,20-21,23-24H2,1H3,(H,37,39)(H,38,40,43). The van der Waals surface area contributed by atoms with Crippen LogP contribution >= 0.6 is 0 Å². The number of rotatable bonds is 7. The minimum Gasteiger partial charge on any atom is -0.308 e. The molecule has 7 nitrogen and oxygen atoms in total. The monoisotopic (exact) mass is 566 g/mol. The Morgan fingerprint density at radius 2 is 1.40 bits per heavy atom. The number of H-pyrrole nitrogens is 1. The van der Waals surface area contributed by atoms with Gasteiger partial charge < -0.3 is 10.2 Å². The Morgan fingerprint density at radius 3 is 1.93 bits per heavy atom. The molecule has 6 aromatic rings. The molecule has 1 amide bonds. The SMILES string of the molecule is CN1CCC(C(=O)Nc2nn(C(c3ccccc3)(c3ccccc3)c3ccccc3)c3ccc(-c4ccn[nH]4)cc23)CC1. The number of aromatic nitrogens is 4. The van der Waals surface area contributed by atoms with Crippen LogP contribution in [-0.4, -0.2) is 50.9 Å². The van der Waals surface area contributed by atoms with Crippen LogP contribution in [0.3, 0.4) is 0 Å². The van der Waals surface area contributed by atoms with E-state index < -0.39 is 5.54 Å². The minimum absolute atomic E-state index is 0.0244. The van der Waals surface area contributed by atoms with Gasteiger partial charge in [0.2, 0.25) is 5.91 Å². The first-order valence-corrected chi connectivity index (χ1v) is 14.8. The fraction of sp³-hybridized carbons (Fsp3) is 0.194. The van der Waals surface area contributed by atoms with Crippen LogP contribution in [-0.2, 0) is 10.3 Å². The number of carbonyl (C=O) groups excluding carboxylic acids is 1. The third kappa shape index (κ3) is 4.81. The lowest BCUT2D eigenvalue weighted by atomic mass is 9.77. The van der Waals surface area contributed by atoms with Gasteiger partial charge in [-0.1, -0.05) is 97.1 Å². The highest BCUT2D eigenvalue weighted by molar-refractivity contribution is 6.02. The van der Waals surface area contributed by atoms with Gasteiger partial charge >= 0.3 is 0 Å². The first-order chi connectivity index (χ1) is 21.1. The molecular weight excluding hydrogens is 532 g/mol. The first-order valence-electron chi connectivity index (χ1n) is 14.8. The summed E-state index contributed by atoms with van der Waals surface area (Å²) < 4.78 is 2.10. The second kappa shape index (κ2) is 11.3. The van der Waals surface area contributed by atoms with Crippen LogP contribution in [0.1, 0.15) is 29.5 Å². The van der Waals surface area contributed by atoms with Crippen LogP contribution in [0.25, 0.3) is 22.2 Å². The number of hydrogen-bond donors (Lipinski definition) is 2. The van der Waals surface area contributed by atoms with Gasteiger partial charge in [0.15, 0.2) is 5.82 Å². The lowest BCUT2D eigenvalue weighted by molar-refractivity contribution is -0.121. The van der Waals surface area contributed by atoms with Crippen LogP contribution < -0.4 is 5.32 Å². The zero-order valence-corrected chi connectivity index (χ0v) is 24.1. The van der Waals surface area contributed by atoms with E-state index in [1.807, 2.05) is 24.3 Å². The second-order valence-electron chi connectivity index (χ2n) is 11.3. The molecule has 2 aromatic heterocycles. The third-order valence-corrected chi connectivity index (χ3v) is 8.71. The van der Waals surface area contributed by atoms with Crippen molar-refractivity contribution in [3.63, 3.8) is 0 Å². The van der Waals surface area contributed by atoms with E-state index in [1.54, 1.807) is 6.20 Å². The summed E-state index contributed by atoms with van der Waals surface area (Å²) in [5, 5.41) is 16.7. The Balaban J connectivity index is 1.49. The normalized spacial score (nSPS) is 14.6. The average Bonchev–Trinajstić information content (AvgIpc) is 3.73. The number of carbonyl (C=O) groups is 1. The van der Waals surface area contributed by atoms with E-state index in [0.29, 0.717) is 5.82 Å². The Bertz CT molecular complexity index is 1730. The summed E-state index contributed by atoms with van der Waals surface area (Å²) in [5.41, 5.74) is 5.20. The van der Waals surface area contributed by atoms with Gasteiger partial charge in [0, 0.05) is 23.1 Å². The van der Waals surface area contributed by atoms with Gasteiger partial charge in [0.05, 0.1) is 11.2 Å². The molecular formula is C36H34N6O. The number of benzene rings is 4. The summed E-state index contributed by atoms with van der Waals surface area (Å²) in [5.74, 6) is 0.540. The van der Waals surface area contributed by atoms with Gasteiger partial charge in [-0.15, -0.1) is 0 Å². The average molecular weight is 567 g/mol. The summed E-state index contributed by atoms with van der Waals surface area (Å²) in [7, 11) is 2.11. The van der Waals surface area contributed by atoms with Crippen molar-refractivity contribution in [3.8, 4) is 11.3 Å². The number of nitrogens with one attached hydrogen (secondary N) is 2. The van der Waals surface area contributed by atoms with Crippen molar-refractivity contribution in [2.45, 2.75) is 18.4 Å². The van der Waals surface area contributed by atoms with Gasteiger partial charge in [-0.05, 0) is 67.9 Å². The summed E-state index contributed by atoms with van der Waals surface area (Å²) in [6.45, 7) is 1.83. The second-order valence-corrected chi connectivity index (χ2v) is 11.3. The third-order valence-electron chi connectivity index (χ3n) is 8.71. The largest absolute Gasteiger partial charge is 0.308 e. The Hall–Kier alpha value is -5.01.